The molecule has 0 radical (unpaired) electrons. The number of nitrogens with zero attached hydrogens (tertiary/aromatic N) is 3. The largest absolute Gasteiger partial charge is 0.496 e. The molecule has 1 N–H and O–H groups in total. The number of hydrogen-bond acceptors (Lipinski definition) is 5. The molecule has 2 unspecified atom stereocenters. The summed E-state index contributed by atoms with van der Waals surface area (Å²) in [4.78, 5) is 0. The molecule has 1 aromatic heterocycles. The molecule has 5 nitrogen and oxygen atoms in total. The average molecular weight is 345 g/mol. The van der Waals surface area contributed by atoms with Crippen LogP contribution < -0.4 is 4.74 Å². The topological polar surface area (TPSA) is 60.2 Å². The summed E-state index contributed by atoms with van der Waals surface area (Å²) in [5.41, 5.74) is 0.908. The van der Waals surface area contributed by atoms with Crippen molar-refractivity contribution in [1.82, 2.24) is 14.8 Å². The molecule has 1 fully saturated rings. The van der Waals surface area contributed by atoms with Gasteiger partial charge in [-0.05, 0) is 25.0 Å². The van der Waals surface area contributed by atoms with Crippen molar-refractivity contribution in [2.24, 2.45) is 0 Å². The highest BCUT2D eigenvalue weighted by molar-refractivity contribution is 7.99. The van der Waals surface area contributed by atoms with Gasteiger partial charge in [-0.15, -0.1) is 16.8 Å². The second kappa shape index (κ2) is 7.85. The van der Waals surface area contributed by atoms with Crippen molar-refractivity contribution in [3.63, 3.8) is 0 Å². The van der Waals surface area contributed by atoms with Gasteiger partial charge in [0.25, 0.3) is 0 Å². The number of aromatic nitrogens is 3. The van der Waals surface area contributed by atoms with E-state index in [1.807, 2.05) is 34.9 Å². The van der Waals surface area contributed by atoms with Gasteiger partial charge in [-0.2, -0.15) is 0 Å². The number of aliphatic hydroxyl groups excluding tert-OH is 1. The first kappa shape index (κ1) is 17.0. The van der Waals surface area contributed by atoms with Gasteiger partial charge < -0.3 is 9.84 Å². The van der Waals surface area contributed by atoms with Crippen LogP contribution in [0.1, 0.15) is 25.7 Å². The number of rotatable bonds is 6. The van der Waals surface area contributed by atoms with Crippen LogP contribution in [0.4, 0.5) is 0 Å². The van der Waals surface area contributed by atoms with E-state index in [1.54, 1.807) is 18.9 Å². The van der Waals surface area contributed by atoms with Gasteiger partial charge in [-0.3, -0.25) is 4.57 Å². The Labute approximate surface area is 146 Å². The molecule has 1 heterocycles. The molecule has 24 heavy (non-hydrogen) atoms. The lowest BCUT2D eigenvalue weighted by molar-refractivity contribution is 0.137. The van der Waals surface area contributed by atoms with E-state index >= 15 is 0 Å². The van der Waals surface area contributed by atoms with Crippen LogP contribution in [0.5, 0.6) is 5.75 Å². The molecule has 0 bridgehead atoms. The Morgan fingerprint density at radius 1 is 1.33 bits per heavy atom. The SMILES string of the molecule is C=CCn1c(SC2CCCCC2O)nnc1-c1ccccc1OC. The average Bonchev–Trinajstić information content (AvgIpc) is 3.00. The summed E-state index contributed by atoms with van der Waals surface area (Å²) in [5, 5.41) is 20.0. The summed E-state index contributed by atoms with van der Waals surface area (Å²) in [5.74, 6) is 1.53. The third kappa shape index (κ3) is 3.49. The fourth-order valence-corrected chi connectivity index (χ4v) is 4.27. The highest BCUT2D eigenvalue weighted by Crippen LogP contribution is 2.36. The van der Waals surface area contributed by atoms with Crippen molar-refractivity contribution in [1.29, 1.82) is 0 Å². The maximum Gasteiger partial charge on any atom is 0.192 e. The minimum absolute atomic E-state index is 0.178. The fourth-order valence-electron chi connectivity index (χ4n) is 3.05. The van der Waals surface area contributed by atoms with E-state index in [1.165, 1.54) is 0 Å². The van der Waals surface area contributed by atoms with E-state index in [9.17, 15) is 5.11 Å². The van der Waals surface area contributed by atoms with Gasteiger partial charge in [-0.25, -0.2) is 0 Å². The van der Waals surface area contributed by atoms with Gasteiger partial charge >= 0.3 is 0 Å². The van der Waals surface area contributed by atoms with Crippen LogP contribution in [0, 0.1) is 0 Å². The monoisotopic (exact) mass is 345 g/mol. The normalized spacial score (nSPS) is 20.8. The summed E-state index contributed by atoms with van der Waals surface area (Å²) >= 11 is 1.62. The van der Waals surface area contributed by atoms with Crippen LogP contribution in [0.2, 0.25) is 0 Å². The third-order valence-corrected chi connectivity index (χ3v) is 5.67. The van der Waals surface area contributed by atoms with Crippen LogP contribution in [-0.2, 0) is 6.54 Å². The minimum atomic E-state index is -0.271. The van der Waals surface area contributed by atoms with Gasteiger partial charge in [-0.1, -0.05) is 42.8 Å². The van der Waals surface area contributed by atoms with Crippen molar-refractivity contribution in [2.75, 3.05) is 7.11 Å². The number of methoxy groups -OCH3 is 1. The van der Waals surface area contributed by atoms with Crippen molar-refractivity contribution < 1.29 is 9.84 Å². The van der Waals surface area contributed by atoms with Gasteiger partial charge in [0, 0.05) is 11.8 Å². The van der Waals surface area contributed by atoms with Crippen molar-refractivity contribution in [2.45, 2.75) is 48.7 Å². The van der Waals surface area contributed by atoms with E-state index < -0.39 is 0 Å². The maximum absolute atomic E-state index is 10.2. The molecule has 6 heteroatoms. The van der Waals surface area contributed by atoms with Gasteiger partial charge in [0.1, 0.15) is 5.75 Å². The van der Waals surface area contributed by atoms with E-state index in [0.717, 1.165) is 48.0 Å². The van der Waals surface area contributed by atoms with Gasteiger partial charge in [0.15, 0.2) is 11.0 Å². The molecule has 3 rings (SSSR count). The molecule has 1 aliphatic rings. The van der Waals surface area contributed by atoms with Crippen molar-refractivity contribution in [3.05, 3.63) is 36.9 Å². The number of allylic oxidation sites excluding steroid dienone is 1. The lowest BCUT2D eigenvalue weighted by Gasteiger charge is -2.26. The van der Waals surface area contributed by atoms with E-state index in [4.69, 9.17) is 4.74 Å². The van der Waals surface area contributed by atoms with Crippen LogP contribution in [-0.4, -0.2) is 38.3 Å². The van der Waals surface area contributed by atoms with Gasteiger partial charge in [0.05, 0.1) is 18.8 Å². The van der Waals surface area contributed by atoms with E-state index in [0.29, 0.717) is 6.54 Å². The molecule has 1 saturated carbocycles. The second-order valence-corrected chi connectivity index (χ2v) is 7.12. The van der Waals surface area contributed by atoms with Crippen LogP contribution in [0.25, 0.3) is 11.4 Å². The van der Waals surface area contributed by atoms with E-state index in [2.05, 4.69) is 16.8 Å². The summed E-state index contributed by atoms with van der Waals surface area (Å²) in [6.07, 6.45) is 5.70. The Kier molecular flexibility index (Phi) is 5.58. The first-order chi connectivity index (χ1) is 11.7. The maximum atomic E-state index is 10.2. The highest BCUT2D eigenvalue weighted by atomic mass is 32.2. The van der Waals surface area contributed by atoms with Crippen molar-refractivity contribution in [3.8, 4) is 17.1 Å². The third-order valence-electron chi connectivity index (χ3n) is 4.30. The van der Waals surface area contributed by atoms with Crippen LogP contribution in [0.3, 0.4) is 0 Å². The van der Waals surface area contributed by atoms with Crippen molar-refractivity contribution >= 4 is 11.8 Å². The molecule has 0 amide bonds. The summed E-state index contributed by atoms with van der Waals surface area (Å²) in [6.45, 7) is 4.47. The molecule has 1 aliphatic carbocycles. The first-order valence-corrected chi connectivity index (χ1v) is 9.14. The molecule has 2 aromatic rings. The summed E-state index contributed by atoms with van der Waals surface area (Å²) in [6, 6.07) is 7.79. The van der Waals surface area contributed by atoms with Crippen LogP contribution in [0.15, 0.2) is 42.1 Å². The Morgan fingerprint density at radius 3 is 2.88 bits per heavy atom. The quantitative estimate of drug-likeness (QED) is 0.812. The number of para-hydroxylation sites is 1. The highest BCUT2D eigenvalue weighted by Gasteiger charge is 2.27. The predicted molar refractivity (Wildman–Crippen MR) is 96.3 cm³/mol. The summed E-state index contributed by atoms with van der Waals surface area (Å²) in [7, 11) is 1.65. The molecular formula is C18H23N3O2S. The number of ether oxygens (including phenoxy) is 1. The molecule has 0 saturated heterocycles. The second-order valence-electron chi connectivity index (χ2n) is 5.91. The zero-order valence-electron chi connectivity index (χ0n) is 13.9. The first-order valence-electron chi connectivity index (χ1n) is 8.26. The standard InChI is InChI=1S/C18H23N3O2S/c1-3-12-21-17(13-8-4-6-10-15(13)23-2)19-20-18(21)24-16-11-7-5-9-14(16)22/h3-4,6,8,10,14,16,22H,1,5,7,9,11-12H2,2H3. The Morgan fingerprint density at radius 2 is 2.12 bits per heavy atom. The number of hydrogen-bond donors (Lipinski definition) is 1. The fraction of sp³-hybridized carbons (Fsp3) is 0.444. The Balaban J connectivity index is 1.94. The number of thioether (sulfide) groups is 1. The lowest BCUT2D eigenvalue weighted by atomic mass is 9.97. The summed E-state index contributed by atoms with van der Waals surface area (Å²) < 4.78 is 7.49. The number of aliphatic hydroxyl groups is 1. The zero-order chi connectivity index (χ0) is 16.9. The lowest BCUT2D eigenvalue weighted by Crippen LogP contribution is -2.27. The van der Waals surface area contributed by atoms with E-state index in [-0.39, 0.29) is 11.4 Å². The molecule has 2 atom stereocenters. The molecular weight excluding hydrogens is 322 g/mol. The Hall–Kier alpha value is -1.79. The smallest absolute Gasteiger partial charge is 0.192 e. The minimum Gasteiger partial charge on any atom is -0.496 e. The molecule has 0 aliphatic heterocycles. The molecule has 0 spiro atoms. The van der Waals surface area contributed by atoms with Crippen LogP contribution >= 0.6 is 11.8 Å². The number of benzene rings is 1. The Bertz CT molecular complexity index is 701. The van der Waals surface area contributed by atoms with Gasteiger partial charge in [0.2, 0.25) is 0 Å². The predicted octanol–water partition coefficient (Wildman–Crippen LogP) is 3.54. The zero-order valence-corrected chi connectivity index (χ0v) is 14.7. The molecule has 128 valence electrons. The molecule has 1 aromatic carbocycles.